The lowest BCUT2D eigenvalue weighted by Gasteiger charge is -2.15. The van der Waals surface area contributed by atoms with Gasteiger partial charge in [-0.3, -0.25) is 0 Å². The topological polar surface area (TPSA) is 117 Å². The maximum absolute atomic E-state index is 12.2. The Labute approximate surface area is 144 Å². The van der Waals surface area contributed by atoms with Crippen molar-refractivity contribution in [1.82, 2.24) is 14.4 Å². The maximum Gasteiger partial charge on any atom is 0.242 e. The van der Waals surface area contributed by atoms with E-state index in [0.29, 0.717) is 25.3 Å². The molecule has 0 saturated heterocycles. The van der Waals surface area contributed by atoms with Crippen LogP contribution in [0.3, 0.4) is 0 Å². The van der Waals surface area contributed by atoms with E-state index in [4.69, 9.17) is 0 Å². The molecule has 0 atom stereocenters. The standard InChI is InChI=1S/C14H26N4O4S2/c1-4-12(5-2)18-24(21,22)13-7-8-14(16-11-13)15-9-6-10-17-23(3,19)20/h7-8,11-12,17-18H,4-6,9-10H2,1-3H3,(H,15,16). The average Bonchev–Trinajstić information content (AvgIpc) is 2.51. The van der Waals surface area contributed by atoms with Gasteiger partial charge in [-0.2, -0.15) is 0 Å². The molecule has 10 heteroatoms. The minimum Gasteiger partial charge on any atom is -0.370 e. The van der Waals surface area contributed by atoms with Gasteiger partial charge in [0.15, 0.2) is 0 Å². The summed E-state index contributed by atoms with van der Waals surface area (Å²) in [5.74, 6) is 0.538. The molecule has 0 aromatic carbocycles. The van der Waals surface area contributed by atoms with Crippen LogP contribution in [0.2, 0.25) is 0 Å². The summed E-state index contributed by atoms with van der Waals surface area (Å²) in [4.78, 5) is 4.21. The number of aromatic nitrogens is 1. The molecule has 0 radical (unpaired) electrons. The second-order valence-corrected chi connectivity index (χ2v) is 9.01. The number of rotatable bonds is 11. The lowest BCUT2D eigenvalue weighted by Crippen LogP contribution is -2.33. The predicted octanol–water partition coefficient (Wildman–Crippen LogP) is 0.900. The fourth-order valence-electron chi connectivity index (χ4n) is 1.95. The average molecular weight is 379 g/mol. The highest BCUT2D eigenvalue weighted by atomic mass is 32.2. The van der Waals surface area contributed by atoms with Crippen molar-refractivity contribution >= 4 is 25.9 Å². The van der Waals surface area contributed by atoms with Crippen LogP contribution in [-0.2, 0) is 20.0 Å². The van der Waals surface area contributed by atoms with Gasteiger partial charge in [-0.25, -0.2) is 31.3 Å². The highest BCUT2D eigenvalue weighted by Crippen LogP contribution is 2.12. The summed E-state index contributed by atoms with van der Waals surface area (Å²) in [5, 5.41) is 3.01. The van der Waals surface area contributed by atoms with Gasteiger partial charge in [-0.05, 0) is 31.4 Å². The maximum atomic E-state index is 12.2. The van der Waals surface area contributed by atoms with Crippen molar-refractivity contribution in [2.75, 3.05) is 24.7 Å². The second kappa shape index (κ2) is 9.30. The van der Waals surface area contributed by atoms with Gasteiger partial charge in [-0.15, -0.1) is 0 Å². The van der Waals surface area contributed by atoms with Crippen LogP contribution in [-0.4, -0.2) is 47.2 Å². The molecule has 0 fully saturated rings. The molecule has 3 N–H and O–H groups in total. The number of anilines is 1. The Morgan fingerprint density at radius 3 is 2.25 bits per heavy atom. The van der Waals surface area contributed by atoms with Crippen molar-refractivity contribution in [1.29, 1.82) is 0 Å². The minimum absolute atomic E-state index is 0.0878. The summed E-state index contributed by atoms with van der Waals surface area (Å²) in [7, 11) is -6.74. The third-order valence-electron chi connectivity index (χ3n) is 3.38. The first-order chi connectivity index (χ1) is 11.2. The summed E-state index contributed by atoms with van der Waals surface area (Å²) in [6.07, 6.45) is 4.46. The van der Waals surface area contributed by atoms with E-state index in [1.165, 1.54) is 12.3 Å². The van der Waals surface area contributed by atoms with Gasteiger partial charge >= 0.3 is 0 Å². The zero-order chi connectivity index (χ0) is 18.2. The number of hydrogen-bond acceptors (Lipinski definition) is 6. The molecule has 0 aliphatic rings. The van der Waals surface area contributed by atoms with Gasteiger partial charge in [0.25, 0.3) is 0 Å². The fraction of sp³-hybridized carbons (Fsp3) is 0.643. The number of pyridine rings is 1. The molecule has 0 aliphatic carbocycles. The Morgan fingerprint density at radius 1 is 1.08 bits per heavy atom. The highest BCUT2D eigenvalue weighted by molar-refractivity contribution is 7.89. The molecule has 8 nitrogen and oxygen atoms in total. The molecule has 1 heterocycles. The highest BCUT2D eigenvalue weighted by Gasteiger charge is 2.18. The molecule has 24 heavy (non-hydrogen) atoms. The van der Waals surface area contributed by atoms with E-state index in [9.17, 15) is 16.8 Å². The van der Waals surface area contributed by atoms with Crippen LogP contribution in [0.15, 0.2) is 23.2 Å². The van der Waals surface area contributed by atoms with Crippen molar-refractivity contribution in [2.24, 2.45) is 0 Å². The molecular weight excluding hydrogens is 352 g/mol. The fourth-order valence-corrected chi connectivity index (χ4v) is 3.81. The van der Waals surface area contributed by atoms with Gasteiger partial charge in [0, 0.05) is 25.3 Å². The van der Waals surface area contributed by atoms with Crippen LogP contribution in [0.5, 0.6) is 0 Å². The molecule has 0 aliphatic heterocycles. The Hall–Kier alpha value is -1.23. The van der Waals surface area contributed by atoms with Crippen molar-refractivity contribution < 1.29 is 16.8 Å². The number of hydrogen-bond donors (Lipinski definition) is 3. The summed E-state index contributed by atoms with van der Waals surface area (Å²) in [5.41, 5.74) is 0. The number of nitrogens with zero attached hydrogens (tertiary/aromatic N) is 1. The number of nitrogens with one attached hydrogen (secondary N) is 3. The molecule has 1 aromatic heterocycles. The Morgan fingerprint density at radius 2 is 1.75 bits per heavy atom. The second-order valence-electron chi connectivity index (χ2n) is 5.46. The number of sulfonamides is 2. The molecule has 0 unspecified atom stereocenters. The monoisotopic (exact) mass is 378 g/mol. The normalized spacial score (nSPS) is 12.5. The first-order valence-electron chi connectivity index (χ1n) is 7.84. The van der Waals surface area contributed by atoms with Crippen LogP contribution in [0.25, 0.3) is 0 Å². The summed E-state index contributed by atoms with van der Waals surface area (Å²) >= 11 is 0. The smallest absolute Gasteiger partial charge is 0.242 e. The zero-order valence-electron chi connectivity index (χ0n) is 14.2. The lowest BCUT2D eigenvalue weighted by atomic mass is 10.2. The third kappa shape index (κ3) is 7.56. The van der Waals surface area contributed by atoms with Gasteiger partial charge in [0.2, 0.25) is 20.0 Å². The molecule has 0 spiro atoms. The van der Waals surface area contributed by atoms with Crippen LogP contribution in [0, 0.1) is 0 Å². The van der Waals surface area contributed by atoms with E-state index >= 15 is 0 Å². The molecule has 1 rings (SSSR count). The predicted molar refractivity (Wildman–Crippen MR) is 94.9 cm³/mol. The Kier molecular flexibility index (Phi) is 8.07. The first kappa shape index (κ1) is 20.8. The van der Waals surface area contributed by atoms with Gasteiger partial charge in [0.05, 0.1) is 6.26 Å². The summed E-state index contributed by atoms with van der Waals surface area (Å²) < 4.78 is 51.3. The summed E-state index contributed by atoms with van der Waals surface area (Å²) in [6.45, 7) is 4.71. The molecule has 0 bridgehead atoms. The van der Waals surface area contributed by atoms with E-state index in [1.54, 1.807) is 6.07 Å². The van der Waals surface area contributed by atoms with E-state index < -0.39 is 20.0 Å². The van der Waals surface area contributed by atoms with E-state index in [2.05, 4.69) is 19.7 Å². The molecule has 1 aromatic rings. The van der Waals surface area contributed by atoms with Crippen LogP contribution >= 0.6 is 0 Å². The molecular formula is C14H26N4O4S2. The van der Waals surface area contributed by atoms with E-state index in [-0.39, 0.29) is 10.9 Å². The van der Waals surface area contributed by atoms with E-state index in [0.717, 1.165) is 19.1 Å². The quantitative estimate of drug-likeness (QED) is 0.493. The first-order valence-corrected chi connectivity index (χ1v) is 11.2. The molecule has 0 saturated carbocycles. The van der Waals surface area contributed by atoms with Crippen LogP contribution < -0.4 is 14.8 Å². The zero-order valence-corrected chi connectivity index (χ0v) is 15.9. The summed E-state index contributed by atoms with van der Waals surface area (Å²) in [6, 6.07) is 3.00. The minimum atomic E-state index is -3.56. The Balaban J connectivity index is 2.53. The van der Waals surface area contributed by atoms with Crippen molar-refractivity contribution in [3.8, 4) is 0 Å². The molecule has 138 valence electrons. The largest absolute Gasteiger partial charge is 0.370 e. The van der Waals surface area contributed by atoms with Crippen molar-refractivity contribution in [3.05, 3.63) is 18.3 Å². The van der Waals surface area contributed by atoms with Crippen LogP contribution in [0.1, 0.15) is 33.1 Å². The Bertz CT molecular complexity index is 699. The van der Waals surface area contributed by atoms with Gasteiger partial charge in [-0.1, -0.05) is 13.8 Å². The molecule has 0 amide bonds. The van der Waals surface area contributed by atoms with Gasteiger partial charge < -0.3 is 5.32 Å². The lowest BCUT2D eigenvalue weighted by molar-refractivity contribution is 0.530. The van der Waals surface area contributed by atoms with E-state index in [1.807, 2.05) is 13.8 Å². The van der Waals surface area contributed by atoms with Crippen molar-refractivity contribution in [2.45, 2.75) is 44.0 Å². The SMILES string of the molecule is CCC(CC)NS(=O)(=O)c1ccc(NCCCNS(C)(=O)=O)nc1. The van der Waals surface area contributed by atoms with Crippen molar-refractivity contribution in [3.63, 3.8) is 0 Å². The van der Waals surface area contributed by atoms with Gasteiger partial charge in [0.1, 0.15) is 10.7 Å². The third-order valence-corrected chi connectivity index (χ3v) is 5.61. The van der Waals surface area contributed by atoms with Crippen LogP contribution in [0.4, 0.5) is 5.82 Å².